The quantitative estimate of drug-likeness (QED) is 0.876. The SMILES string of the molecule is Cc1nc(C2CCCC2)sc1C(=O)NC(C(=O)O)C1CC1. The normalized spacial score (nSPS) is 20.4. The molecule has 0 radical (unpaired) electrons. The smallest absolute Gasteiger partial charge is 0.326 e. The molecule has 2 saturated carbocycles. The van der Waals surface area contributed by atoms with Crippen LogP contribution in [0.4, 0.5) is 0 Å². The Bertz CT molecular complexity index is 559. The van der Waals surface area contributed by atoms with Gasteiger partial charge in [-0.05, 0) is 38.5 Å². The van der Waals surface area contributed by atoms with E-state index in [0.29, 0.717) is 10.8 Å². The summed E-state index contributed by atoms with van der Waals surface area (Å²) in [5, 5.41) is 12.9. The highest BCUT2D eigenvalue weighted by molar-refractivity contribution is 7.13. The summed E-state index contributed by atoms with van der Waals surface area (Å²) in [5.74, 6) is -0.652. The number of nitrogens with zero attached hydrogens (tertiary/aromatic N) is 1. The van der Waals surface area contributed by atoms with Gasteiger partial charge in [0.05, 0.1) is 10.7 Å². The highest BCUT2D eigenvalue weighted by Gasteiger charge is 2.38. The molecule has 5 nitrogen and oxygen atoms in total. The zero-order chi connectivity index (χ0) is 15.0. The molecule has 114 valence electrons. The fourth-order valence-corrected chi connectivity index (χ4v) is 4.13. The Morgan fingerprint density at radius 2 is 1.95 bits per heavy atom. The first-order valence-electron chi connectivity index (χ1n) is 7.57. The lowest BCUT2D eigenvalue weighted by Gasteiger charge is -2.12. The Morgan fingerprint density at radius 3 is 2.52 bits per heavy atom. The molecular weight excluding hydrogens is 288 g/mol. The fourth-order valence-electron chi connectivity index (χ4n) is 2.99. The van der Waals surface area contributed by atoms with Gasteiger partial charge in [0.2, 0.25) is 0 Å². The molecule has 2 fully saturated rings. The van der Waals surface area contributed by atoms with Crippen molar-refractivity contribution in [1.29, 1.82) is 0 Å². The fraction of sp³-hybridized carbons (Fsp3) is 0.667. The molecule has 21 heavy (non-hydrogen) atoms. The number of hydrogen-bond acceptors (Lipinski definition) is 4. The minimum Gasteiger partial charge on any atom is -0.480 e. The number of hydrogen-bond donors (Lipinski definition) is 2. The summed E-state index contributed by atoms with van der Waals surface area (Å²) < 4.78 is 0. The van der Waals surface area contributed by atoms with Gasteiger partial charge in [0.15, 0.2) is 0 Å². The van der Waals surface area contributed by atoms with E-state index in [1.807, 2.05) is 6.92 Å². The van der Waals surface area contributed by atoms with Crippen molar-refractivity contribution in [2.45, 2.75) is 57.4 Å². The number of aliphatic carboxylic acids is 1. The predicted molar refractivity (Wildman–Crippen MR) is 79.7 cm³/mol. The van der Waals surface area contributed by atoms with Crippen LogP contribution in [0.1, 0.15) is 64.8 Å². The molecule has 2 aliphatic rings. The number of amides is 1. The van der Waals surface area contributed by atoms with Gasteiger partial charge in [-0.15, -0.1) is 11.3 Å². The van der Waals surface area contributed by atoms with Crippen LogP contribution in [0.3, 0.4) is 0 Å². The van der Waals surface area contributed by atoms with E-state index in [1.54, 1.807) is 0 Å². The Hall–Kier alpha value is -1.43. The monoisotopic (exact) mass is 308 g/mol. The second kappa shape index (κ2) is 5.75. The number of aromatic nitrogens is 1. The zero-order valence-corrected chi connectivity index (χ0v) is 12.9. The van der Waals surface area contributed by atoms with E-state index in [2.05, 4.69) is 10.3 Å². The van der Waals surface area contributed by atoms with Gasteiger partial charge in [0.25, 0.3) is 5.91 Å². The Kier molecular flexibility index (Phi) is 3.97. The van der Waals surface area contributed by atoms with Crippen molar-refractivity contribution in [3.63, 3.8) is 0 Å². The maximum atomic E-state index is 12.3. The maximum Gasteiger partial charge on any atom is 0.326 e. The van der Waals surface area contributed by atoms with Crippen LogP contribution in [-0.2, 0) is 4.79 Å². The molecule has 1 amide bonds. The molecule has 0 bridgehead atoms. The first kappa shape index (κ1) is 14.5. The van der Waals surface area contributed by atoms with Gasteiger partial charge in [-0.1, -0.05) is 12.8 Å². The number of nitrogens with one attached hydrogen (secondary N) is 1. The molecule has 1 aromatic rings. The van der Waals surface area contributed by atoms with Crippen LogP contribution >= 0.6 is 11.3 Å². The van der Waals surface area contributed by atoms with Crippen LogP contribution in [0.2, 0.25) is 0 Å². The number of carboxylic acid groups (broad SMARTS) is 1. The number of aryl methyl sites for hydroxylation is 1. The van der Waals surface area contributed by atoms with Crippen LogP contribution in [0.25, 0.3) is 0 Å². The maximum absolute atomic E-state index is 12.3. The van der Waals surface area contributed by atoms with Crippen molar-refractivity contribution in [3.05, 3.63) is 15.6 Å². The largest absolute Gasteiger partial charge is 0.480 e. The number of carbonyl (C=O) groups is 2. The second-order valence-electron chi connectivity index (χ2n) is 6.07. The first-order valence-corrected chi connectivity index (χ1v) is 8.39. The van der Waals surface area contributed by atoms with Gasteiger partial charge in [-0.3, -0.25) is 4.79 Å². The minimum atomic E-state index is -0.941. The Morgan fingerprint density at radius 1 is 1.29 bits per heavy atom. The summed E-state index contributed by atoms with van der Waals surface area (Å²) >= 11 is 1.43. The van der Waals surface area contributed by atoms with Crippen LogP contribution in [-0.4, -0.2) is 28.0 Å². The molecule has 1 unspecified atom stereocenters. The summed E-state index contributed by atoms with van der Waals surface area (Å²) in [5.41, 5.74) is 0.722. The van der Waals surface area contributed by atoms with E-state index < -0.39 is 12.0 Å². The highest BCUT2D eigenvalue weighted by Crippen LogP contribution is 2.37. The Labute approximate surface area is 127 Å². The van der Waals surface area contributed by atoms with Gasteiger partial charge in [-0.25, -0.2) is 9.78 Å². The standard InChI is InChI=1S/C15H20N2O3S/c1-8-12(21-14(16-8)10-4-2-3-5-10)13(18)17-11(15(19)20)9-6-7-9/h9-11H,2-7H2,1H3,(H,17,18)(H,19,20). The number of rotatable bonds is 5. The third-order valence-corrected chi connectivity index (χ3v) is 5.69. The molecular formula is C15H20N2O3S. The second-order valence-corrected chi connectivity index (χ2v) is 7.11. The van der Waals surface area contributed by atoms with E-state index in [0.717, 1.165) is 36.4 Å². The molecule has 3 rings (SSSR count). The average molecular weight is 308 g/mol. The molecule has 2 aliphatic carbocycles. The highest BCUT2D eigenvalue weighted by atomic mass is 32.1. The molecule has 0 aliphatic heterocycles. The zero-order valence-electron chi connectivity index (χ0n) is 12.1. The number of carbonyl (C=O) groups excluding carboxylic acids is 1. The summed E-state index contributed by atoms with van der Waals surface area (Å²) in [6.07, 6.45) is 6.52. The molecule has 0 saturated heterocycles. The van der Waals surface area contributed by atoms with Gasteiger partial charge in [0, 0.05) is 5.92 Å². The topological polar surface area (TPSA) is 79.3 Å². The van der Waals surface area contributed by atoms with E-state index in [9.17, 15) is 14.7 Å². The third-order valence-electron chi connectivity index (χ3n) is 4.37. The van der Waals surface area contributed by atoms with Crippen LogP contribution in [0.15, 0.2) is 0 Å². The van der Waals surface area contributed by atoms with Crippen molar-refractivity contribution in [3.8, 4) is 0 Å². The lowest BCUT2D eigenvalue weighted by molar-refractivity contribution is -0.139. The van der Waals surface area contributed by atoms with Crippen LogP contribution < -0.4 is 5.32 Å². The summed E-state index contributed by atoms with van der Waals surface area (Å²) in [6.45, 7) is 1.83. The van der Waals surface area contributed by atoms with Gasteiger partial charge in [0.1, 0.15) is 10.9 Å². The summed E-state index contributed by atoms with van der Waals surface area (Å²) in [7, 11) is 0. The van der Waals surface area contributed by atoms with Gasteiger partial charge in [-0.2, -0.15) is 0 Å². The van der Waals surface area contributed by atoms with Crippen LogP contribution in [0.5, 0.6) is 0 Å². The number of thiazole rings is 1. The summed E-state index contributed by atoms with van der Waals surface area (Å²) in [4.78, 5) is 28.7. The molecule has 1 atom stereocenters. The predicted octanol–water partition coefficient (Wildman–Crippen LogP) is 2.70. The first-order chi connectivity index (χ1) is 10.1. The summed E-state index contributed by atoms with van der Waals surface area (Å²) in [6, 6.07) is -0.756. The lowest BCUT2D eigenvalue weighted by Crippen LogP contribution is -2.42. The van der Waals surface area contributed by atoms with Crippen molar-refractivity contribution < 1.29 is 14.7 Å². The average Bonchev–Trinajstić information content (AvgIpc) is 2.97. The van der Waals surface area contributed by atoms with E-state index in [-0.39, 0.29) is 11.8 Å². The Balaban J connectivity index is 1.73. The molecule has 2 N–H and O–H groups in total. The van der Waals surface area contributed by atoms with Crippen molar-refractivity contribution in [1.82, 2.24) is 10.3 Å². The van der Waals surface area contributed by atoms with E-state index in [4.69, 9.17) is 0 Å². The van der Waals surface area contributed by atoms with Gasteiger partial charge >= 0.3 is 5.97 Å². The van der Waals surface area contributed by atoms with E-state index >= 15 is 0 Å². The van der Waals surface area contributed by atoms with E-state index in [1.165, 1.54) is 24.2 Å². The van der Waals surface area contributed by atoms with Crippen molar-refractivity contribution in [2.75, 3.05) is 0 Å². The minimum absolute atomic E-state index is 0.0916. The molecule has 1 heterocycles. The van der Waals surface area contributed by atoms with Gasteiger partial charge < -0.3 is 10.4 Å². The van der Waals surface area contributed by atoms with Crippen LogP contribution in [0, 0.1) is 12.8 Å². The third kappa shape index (κ3) is 3.10. The lowest BCUT2D eigenvalue weighted by atomic mass is 10.1. The molecule has 0 aromatic carbocycles. The number of carboxylic acids is 1. The van der Waals surface area contributed by atoms with Crippen molar-refractivity contribution in [2.24, 2.45) is 5.92 Å². The molecule has 6 heteroatoms. The van der Waals surface area contributed by atoms with Crippen molar-refractivity contribution >= 4 is 23.2 Å². The molecule has 1 aromatic heterocycles. The molecule has 0 spiro atoms.